The Morgan fingerprint density at radius 2 is 2.06 bits per heavy atom. The zero-order valence-corrected chi connectivity index (χ0v) is 11.4. The van der Waals surface area contributed by atoms with Gasteiger partial charge in [0.15, 0.2) is 0 Å². The van der Waals surface area contributed by atoms with Crippen LogP contribution >= 0.6 is 11.3 Å². The molecule has 7 heteroatoms. The number of thiophene rings is 1. The van der Waals surface area contributed by atoms with Gasteiger partial charge in [-0.15, -0.1) is 11.3 Å². The second-order valence-electron chi connectivity index (χ2n) is 3.92. The number of nitrogens with two attached hydrogens (primary N) is 1. The van der Waals surface area contributed by atoms with Gasteiger partial charge in [-0.05, 0) is 25.5 Å². The fourth-order valence-corrected chi connectivity index (χ4v) is 3.71. The molecule has 0 fully saturated rings. The molecule has 92 valence electrons. The van der Waals surface area contributed by atoms with Gasteiger partial charge in [0.2, 0.25) is 10.0 Å². The van der Waals surface area contributed by atoms with Crippen LogP contribution in [-0.2, 0) is 17.1 Å². The molecule has 2 N–H and O–H groups in total. The highest BCUT2D eigenvalue weighted by molar-refractivity contribution is 7.91. The molecule has 0 atom stereocenters. The Morgan fingerprint density at radius 1 is 1.41 bits per heavy atom. The van der Waals surface area contributed by atoms with E-state index in [2.05, 4.69) is 5.10 Å². The van der Waals surface area contributed by atoms with E-state index >= 15 is 0 Å². The number of sulfonamides is 1. The average Bonchev–Trinajstić information content (AvgIpc) is 2.68. The lowest BCUT2D eigenvalue weighted by Crippen LogP contribution is -2.09. The van der Waals surface area contributed by atoms with Crippen molar-refractivity contribution >= 4 is 21.4 Å². The maximum Gasteiger partial charge on any atom is 0.247 e. The summed E-state index contributed by atoms with van der Waals surface area (Å²) in [6, 6.07) is 1.60. The van der Waals surface area contributed by atoms with E-state index in [-0.39, 0.29) is 4.21 Å². The lowest BCUT2D eigenvalue weighted by Gasteiger charge is -1.95. The number of primary sulfonamides is 1. The Balaban J connectivity index is 2.62. The molecule has 2 rings (SSSR count). The van der Waals surface area contributed by atoms with Crippen molar-refractivity contribution in [3.63, 3.8) is 0 Å². The number of rotatable bonds is 2. The van der Waals surface area contributed by atoms with Crippen LogP contribution < -0.4 is 5.14 Å². The molecule has 0 aromatic carbocycles. The molecule has 0 radical (unpaired) electrons. The third kappa shape index (κ3) is 2.26. The lowest BCUT2D eigenvalue weighted by molar-refractivity contribution is 0.599. The Labute approximate surface area is 104 Å². The molecule has 2 heterocycles. The van der Waals surface area contributed by atoms with Crippen molar-refractivity contribution in [3.05, 3.63) is 23.5 Å². The van der Waals surface area contributed by atoms with Crippen molar-refractivity contribution in [3.8, 4) is 10.4 Å². The molecular formula is C10H13N3O2S2. The highest BCUT2D eigenvalue weighted by Gasteiger charge is 2.17. The van der Waals surface area contributed by atoms with Gasteiger partial charge in [-0.2, -0.15) is 5.10 Å². The van der Waals surface area contributed by atoms with Crippen LogP contribution in [0.25, 0.3) is 10.4 Å². The van der Waals surface area contributed by atoms with E-state index in [1.54, 1.807) is 10.7 Å². The summed E-state index contributed by atoms with van der Waals surface area (Å²) in [7, 11) is -1.79. The summed E-state index contributed by atoms with van der Waals surface area (Å²) in [5, 5.41) is 9.36. The summed E-state index contributed by atoms with van der Waals surface area (Å²) in [5.41, 5.74) is 2.72. The second kappa shape index (κ2) is 3.94. The molecule has 0 aliphatic rings. The van der Waals surface area contributed by atoms with Crippen LogP contribution in [0.15, 0.2) is 16.5 Å². The highest BCUT2D eigenvalue weighted by Crippen LogP contribution is 2.35. The molecule has 0 saturated carbocycles. The Kier molecular flexibility index (Phi) is 2.84. The van der Waals surface area contributed by atoms with Crippen LogP contribution in [0, 0.1) is 13.8 Å². The van der Waals surface area contributed by atoms with E-state index in [1.165, 1.54) is 11.3 Å². The summed E-state index contributed by atoms with van der Waals surface area (Å²) >= 11 is 1.18. The minimum absolute atomic E-state index is 0.188. The van der Waals surface area contributed by atoms with Crippen LogP contribution in [-0.4, -0.2) is 18.2 Å². The van der Waals surface area contributed by atoms with E-state index in [1.807, 2.05) is 27.1 Å². The summed E-state index contributed by atoms with van der Waals surface area (Å²) in [6.07, 6.45) is 1.88. The monoisotopic (exact) mass is 271 g/mol. The molecule has 0 aliphatic carbocycles. The molecule has 0 amide bonds. The number of nitrogens with zero attached hydrogens (tertiary/aromatic N) is 2. The molecule has 0 bridgehead atoms. The predicted molar refractivity (Wildman–Crippen MR) is 67.4 cm³/mol. The first-order chi connectivity index (χ1) is 7.79. The summed E-state index contributed by atoms with van der Waals surface area (Å²) < 4.78 is 24.5. The van der Waals surface area contributed by atoms with Gasteiger partial charge in [-0.25, -0.2) is 13.6 Å². The van der Waals surface area contributed by atoms with E-state index in [0.717, 1.165) is 21.7 Å². The van der Waals surface area contributed by atoms with Gasteiger partial charge in [0.1, 0.15) is 4.21 Å². The Hall–Kier alpha value is -1.18. The first kappa shape index (κ1) is 12.3. The molecule has 0 unspecified atom stereocenters. The first-order valence-corrected chi connectivity index (χ1v) is 7.29. The third-order valence-corrected chi connectivity index (χ3v) is 5.12. The lowest BCUT2D eigenvalue weighted by atomic mass is 10.1. The highest BCUT2D eigenvalue weighted by atomic mass is 32.2. The fourth-order valence-electron chi connectivity index (χ4n) is 1.68. The van der Waals surface area contributed by atoms with Gasteiger partial charge in [0.05, 0.1) is 5.69 Å². The van der Waals surface area contributed by atoms with Crippen molar-refractivity contribution in [2.75, 3.05) is 0 Å². The van der Waals surface area contributed by atoms with Crippen molar-refractivity contribution in [1.29, 1.82) is 0 Å². The van der Waals surface area contributed by atoms with E-state index < -0.39 is 10.0 Å². The molecule has 0 aliphatic heterocycles. The topological polar surface area (TPSA) is 78.0 Å². The molecule has 0 spiro atoms. The van der Waals surface area contributed by atoms with E-state index in [9.17, 15) is 8.42 Å². The average molecular weight is 271 g/mol. The van der Waals surface area contributed by atoms with Gasteiger partial charge in [-0.3, -0.25) is 4.68 Å². The number of aryl methyl sites for hydroxylation is 3. The third-order valence-electron chi connectivity index (χ3n) is 2.43. The van der Waals surface area contributed by atoms with Crippen molar-refractivity contribution in [2.45, 2.75) is 18.1 Å². The van der Waals surface area contributed by atoms with Crippen LogP contribution in [0.4, 0.5) is 0 Å². The SMILES string of the molecule is Cc1cc(S(N)(=O)=O)sc1-c1cn(C)nc1C. The summed E-state index contributed by atoms with van der Waals surface area (Å²) in [6.45, 7) is 3.76. The quantitative estimate of drug-likeness (QED) is 0.897. The van der Waals surface area contributed by atoms with Gasteiger partial charge >= 0.3 is 0 Å². The normalized spacial score (nSPS) is 12.0. The summed E-state index contributed by atoms with van der Waals surface area (Å²) in [5.74, 6) is 0. The number of hydrogen-bond acceptors (Lipinski definition) is 4. The molecular weight excluding hydrogens is 258 g/mol. The molecule has 17 heavy (non-hydrogen) atoms. The smallest absolute Gasteiger partial charge is 0.247 e. The zero-order chi connectivity index (χ0) is 12.8. The van der Waals surface area contributed by atoms with Gasteiger partial charge < -0.3 is 0 Å². The van der Waals surface area contributed by atoms with Crippen LogP contribution in [0.3, 0.4) is 0 Å². The maximum absolute atomic E-state index is 11.3. The zero-order valence-electron chi connectivity index (χ0n) is 9.76. The Bertz CT molecular complexity index is 668. The van der Waals surface area contributed by atoms with Gasteiger partial charge in [0, 0.05) is 23.7 Å². The van der Waals surface area contributed by atoms with Crippen LogP contribution in [0.2, 0.25) is 0 Å². The number of hydrogen-bond donors (Lipinski definition) is 1. The maximum atomic E-state index is 11.3. The molecule has 2 aromatic heterocycles. The van der Waals surface area contributed by atoms with Crippen molar-refractivity contribution in [1.82, 2.24) is 9.78 Å². The van der Waals surface area contributed by atoms with Crippen molar-refractivity contribution in [2.24, 2.45) is 12.2 Å². The van der Waals surface area contributed by atoms with E-state index in [0.29, 0.717) is 0 Å². The first-order valence-electron chi connectivity index (χ1n) is 4.93. The largest absolute Gasteiger partial charge is 0.275 e. The van der Waals surface area contributed by atoms with Crippen molar-refractivity contribution < 1.29 is 8.42 Å². The number of aromatic nitrogens is 2. The summed E-state index contributed by atoms with van der Waals surface area (Å²) in [4.78, 5) is 0.902. The van der Waals surface area contributed by atoms with Gasteiger partial charge in [-0.1, -0.05) is 0 Å². The minimum Gasteiger partial charge on any atom is -0.275 e. The minimum atomic E-state index is -3.63. The van der Waals surface area contributed by atoms with Crippen LogP contribution in [0.5, 0.6) is 0 Å². The molecule has 0 saturated heterocycles. The predicted octanol–water partition coefficient (Wildman–Crippen LogP) is 1.41. The standard InChI is InChI=1S/C10H13N3O2S2/c1-6-4-9(17(11,14)15)16-10(6)8-5-13(3)12-7(8)2/h4-5H,1-3H3,(H2,11,14,15). The van der Waals surface area contributed by atoms with Gasteiger partial charge in [0.25, 0.3) is 0 Å². The fraction of sp³-hybridized carbons (Fsp3) is 0.300. The van der Waals surface area contributed by atoms with E-state index in [4.69, 9.17) is 5.14 Å². The molecule has 5 nitrogen and oxygen atoms in total. The van der Waals surface area contributed by atoms with Crippen LogP contribution in [0.1, 0.15) is 11.3 Å². The second-order valence-corrected chi connectivity index (χ2v) is 6.76. The Morgan fingerprint density at radius 3 is 2.47 bits per heavy atom. The molecule has 2 aromatic rings.